The minimum atomic E-state index is -0.720. The van der Waals surface area contributed by atoms with Gasteiger partial charge in [0.05, 0.1) is 12.7 Å². The summed E-state index contributed by atoms with van der Waals surface area (Å²) >= 11 is 0. The van der Waals surface area contributed by atoms with E-state index in [4.69, 9.17) is 15.2 Å². The Labute approximate surface area is 165 Å². The van der Waals surface area contributed by atoms with Gasteiger partial charge < -0.3 is 25.4 Å². The lowest BCUT2D eigenvalue weighted by Gasteiger charge is -2.40. The summed E-state index contributed by atoms with van der Waals surface area (Å²) in [6.07, 6.45) is 3.02. The number of primary amides is 1. The minimum Gasteiger partial charge on any atom is -0.476 e. The molecule has 0 bridgehead atoms. The van der Waals surface area contributed by atoms with E-state index in [0.717, 1.165) is 18.8 Å². The maximum atomic E-state index is 12.6. The lowest BCUT2D eigenvalue weighted by Crippen LogP contribution is -2.52. The van der Waals surface area contributed by atoms with Gasteiger partial charge in [-0.2, -0.15) is 0 Å². The van der Waals surface area contributed by atoms with E-state index in [9.17, 15) is 9.59 Å². The van der Waals surface area contributed by atoms with Crippen LogP contribution in [-0.2, 0) is 9.53 Å². The monoisotopic (exact) mass is 390 g/mol. The highest BCUT2D eigenvalue weighted by Crippen LogP contribution is 2.34. The van der Waals surface area contributed by atoms with Crippen LogP contribution in [0.25, 0.3) is 0 Å². The first-order valence-electron chi connectivity index (χ1n) is 9.89. The molecule has 1 atom stereocenters. The van der Waals surface area contributed by atoms with Crippen LogP contribution in [-0.4, -0.2) is 55.8 Å². The SMILES string of the molecule is COC1CN(c2ccc(C(=O)NC(CC(C)C)C(N)=O)nc2OCC2CC2)C1. The second-order valence-corrected chi connectivity index (χ2v) is 8.10. The first kappa shape index (κ1) is 20.4. The summed E-state index contributed by atoms with van der Waals surface area (Å²) in [5.41, 5.74) is 6.50. The molecule has 3 N–H and O–H groups in total. The zero-order valence-corrected chi connectivity index (χ0v) is 16.8. The van der Waals surface area contributed by atoms with Crippen LogP contribution < -0.4 is 20.7 Å². The normalized spacial score (nSPS) is 17.9. The third-order valence-electron chi connectivity index (χ3n) is 5.10. The highest BCUT2D eigenvalue weighted by atomic mass is 16.5. The van der Waals surface area contributed by atoms with Gasteiger partial charge >= 0.3 is 0 Å². The number of pyridine rings is 1. The van der Waals surface area contributed by atoms with Gasteiger partial charge in [0.15, 0.2) is 0 Å². The number of nitrogens with one attached hydrogen (secondary N) is 1. The summed E-state index contributed by atoms with van der Waals surface area (Å²) in [4.78, 5) is 30.9. The van der Waals surface area contributed by atoms with E-state index >= 15 is 0 Å². The van der Waals surface area contributed by atoms with Crippen LogP contribution in [0.4, 0.5) is 5.69 Å². The quantitative estimate of drug-likeness (QED) is 0.624. The molecule has 2 fully saturated rings. The first-order valence-corrected chi connectivity index (χ1v) is 9.89. The molecule has 1 aromatic rings. The number of anilines is 1. The average molecular weight is 390 g/mol. The lowest BCUT2D eigenvalue weighted by atomic mass is 10.0. The van der Waals surface area contributed by atoms with E-state index in [0.29, 0.717) is 24.8 Å². The fourth-order valence-electron chi connectivity index (χ4n) is 3.12. The molecule has 2 amide bonds. The molecular weight excluding hydrogens is 360 g/mol. The molecule has 0 aromatic carbocycles. The van der Waals surface area contributed by atoms with Crippen molar-refractivity contribution in [1.29, 1.82) is 0 Å². The number of ether oxygens (including phenoxy) is 2. The molecule has 8 nitrogen and oxygen atoms in total. The Balaban J connectivity index is 1.73. The molecule has 3 rings (SSSR count). The number of carbonyl (C=O) groups excluding carboxylic acids is 2. The van der Waals surface area contributed by atoms with Gasteiger partial charge in [-0.05, 0) is 43.2 Å². The summed E-state index contributed by atoms with van der Waals surface area (Å²) in [5, 5.41) is 2.70. The molecule has 154 valence electrons. The van der Waals surface area contributed by atoms with E-state index in [1.165, 1.54) is 12.8 Å². The Morgan fingerprint density at radius 1 is 1.32 bits per heavy atom. The highest BCUT2D eigenvalue weighted by molar-refractivity contribution is 5.96. The first-order chi connectivity index (χ1) is 13.4. The fraction of sp³-hybridized carbons (Fsp3) is 0.650. The second-order valence-electron chi connectivity index (χ2n) is 8.10. The molecule has 1 aromatic heterocycles. The van der Waals surface area contributed by atoms with Crippen molar-refractivity contribution in [2.45, 2.75) is 45.3 Å². The van der Waals surface area contributed by atoms with Crippen molar-refractivity contribution in [3.63, 3.8) is 0 Å². The Hall–Kier alpha value is -2.35. The summed E-state index contributed by atoms with van der Waals surface area (Å²) < 4.78 is 11.3. The summed E-state index contributed by atoms with van der Waals surface area (Å²) in [6, 6.07) is 2.78. The van der Waals surface area contributed by atoms with Gasteiger partial charge in [0.25, 0.3) is 5.91 Å². The molecule has 1 saturated carbocycles. The zero-order chi connectivity index (χ0) is 20.3. The van der Waals surface area contributed by atoms with Crippen LogP contribution in [0.2, 0.25) is 0 Å². The van der Waals surface area contributed by atoms with Gasteiger partial charge in [0.2, 0.25) is 11.8 Å². The molecule has 1 aliphatic heterocycles. The van der Waals surface area contributed by atoms with E-state index in [-0.39, 0.29) is 17.7 Å². The molecule has 1 saturated heterocycles. The van der Waals surface area contributed by atoms with Crippen molar-refractivity contribution in [3.8, 4) is 5.88 Å². The summed E-state index contributed by atoms with van der Waals surface area (Å²) in [5.74, 6) is 0.278. The molecule has 2 aliphatic rings. The molecule has 2 heterocycles. The molecule has 28 heavy (non-hydrogen) atoms. The highest BCUT2D eigenvalue weighted by Gasteiger charge is 2.31. The van der Waals surface area contributed by atoms with E-state index in [1.54, 1.807) is 13.2 Å². The average Bonchev–Trinajstić information content (AvgIpc) is 3.43. The van der Waals surface area contributed by atoms with E-state index in [2.05, 4.69) is 15.2 Å². The summed E-state index contributed by atoms with van der Waals surface area (Å²) in [7, 11) is 1.70. The van der Waals surface area contributed by atoms with E-state index < -0.39 is 17.9 Å². The maximum Gasteiger partial charge on any atom is 0.270 e. The summed E-state index contributed by atoms with van der Waals surface area (Å²) in [6.45, 7) is 6.08. The fourth-order valence-corrected chi connectivity index (χ4v) is 3.12. The van der Waals surface area contributed by atoms with Gasteiger partial charge in [-0.15, -0.1) is 0 Å². The zero-order valence-electron chi connectivity index (χ0n) is 16.8. The van der Waals surface area contributed by atoms with Gasteiger partial charge in [-0.25, -0.2) is 4.98 Å². The molecule has 0 radical (unpaired) electrons. The number of methoxy groups -OCH3 is 1. The molecule has 8 heteroatoms. The van der Waals surface area contributed by atoms with Crippen molar-refractivity contribution in [2.24, 2.45) is 17.6 Å². The van der Waals surface area contributed by atoms with Crippen LogP contribution in [0.1, 0.15) is 43.6 Å². The third-order valence-corrected chi connectivity index (χ3v) is 5.10. The number of rotatable bonds is 10. The van der Waals surface area contributed by atoms with E-state index in [1.807, 2.05) is 19.9 Å². The molecule has 1 unspecified atom stereocenters. The van der Waals surface area contributed by atoms with Crippen molar-refractivity contribution in [2.75, 3.05) is 31.7 Å². The van der Waals surface area contributed by atoms with Crippen molar-refractivity contribution < 1.29 is 19.1 Å². The topological polar surface area (TPSA) is 107 Å². The van der Waals surface area contributed by atoms with Gasteiger partial charge in [0, 0.05) is 20.2 Å². The van der Waals surface area contributed by atoms with Crippen LogP contribution in [0, 0.1) is 11.8 Å². The van der Waals surface area contributed by atoms with Crippen LogP contribution in [0.3, 0.4) is 0 Å². The Morgan fingerprint density at radius 2 is 2.04 bits per heavy atom. The van der Waals surface area contributed by atoms with Crippen LogP contribution in [0.15, 0.2) is 12.1 Å². The number of hydrogen-bond donors (Lipinski definition) is 2. The number of aromatic nitrogens is 1. The Bertz CT molecular complexity index is 714. The predicted molar refractivity (Wildman–Crippen MR) is 105 cm³/mol. The van der Waals surface area contributed by atoms with Crippen LogP contribution >= 0.6 is 0 Å². The maximum absolute atomic E-state index is 12.6. The lowest BCUT2D eigenvalue weighted by molar-refractivity contribution is -0.120. The number of carbonyl (C=O) groups is 2. The minimum absolute atomic E-state index is 0.201. The van der Waals surface area contributed by atoms with Crippen molar-refractivity contribution in [1.82, 2.24) is 10.3 Å². The van der Waals surface area contributed by atoms with Gasteiger partial charge in [0.1, 0.15) is 17.4 Å². The predicted octanol–water partition coefficient (Wildman–Crippen LogP) is 1.34. The largest absolute Gasteiger partial charge is 0.476 e. The third kappa shape index (κ3) is 5.13. The molecule has 1 aliphatic carbocycles. The second kappa shape index (κ2) is 8.77. The number of amides is 2. The van der Waals surface area contributed by atoms with Crippen molar-refractivity contribution >= 4 is 17.5 Å². The Morgan fingerprint density at radius 3 is 2.61 bits per heavy atom. The van der Waals surface area contributed by atoms with Gasteiger partial charge in [-0.1, -0.05) is 13.8 Å². The standard InChI is InChI=1S/C20H30N4O4/c1-12(2)8-16(18(21)25)22-19(26)15-6-7-17(24-9-14(10-24)27-3)20(23-15)28-11-13-4-5-13/h6-7,12-14,16H,4-5,8-11H2,1-3H3,(H2,21,25)(H,22,26). The van der Waals surface area contributed by atoms with Crippen LogP contribution in [0.5, 0.6) is 5.88 Å². The number of nitrogens with two attached hydrogens (primary N) is 1. The molecular formula is C20H30N4O4. The van der Waals surface area contributed by atoms with Gasteiger partial charge in [-0.3, -0.25) is 9.59 Å². The Kier molecular flexibility index (Phi) is 6.39. The molecule has 0 spiro atoms. The smallest absolute Gasteiger partial charge is 0.270 e. The number of hydrogen-bond acceptors (Lipinski definition) is 6. The van der Waals surface area contributed by atoms with Crippen molar-refractivity contribution in [3.05, 3.63) is 17.8 Å². The number of nitrogens with zero attached hydrogens (tertiary/aromatic N) is 2.